The average molecular weight is 486 g/mol. The number of aromatic amines is 1. The largest absolute Gasteiger partial charge is 0.496 e. The highest BCUT2D eigenvalue weighted by Gasteiger charge is 2.41. The molecule has 1 fully saturated rings. The minimum Gasteiger partial charge on any atom is -0.496 e. The summed E-state index contributed by atoms with van der Waals surface area (Å²) in [6.45, 7) is 1.43. The van der Waals surface area contributed by atoms with Crippen molar-refractivity contribution in [1.82, 2.24) is 20.5 Å². The van der Waals surface area contributed by atoms with Crippen molar-refractivity contribution < 1.29 is 19.1 Å². The summed E-state index contributed by atoms with van der Waals surface area (Å²) in [5, 5.41) is 16.5. The first-order valence-corrected chi connectivity index (χ1v) is 11.9. The maximum Gasteiger partial charge on any atom is 0.271 e. The lowest BCUT2D eigenvalue weighted by atomic mass is 9.82. The monoisotopic (exact) mass is 485 g/mol. The van der Waals surface area contributed by atoms with Crippen LogP contribution < -0.4 is 15.4 Å². The summed E-state index contributed by atoms with van der Waals surface area (Å²) in [6, 6.07) is 15.0. The summed E-state index contributed by atoms with van der Waals surface area (Å²) in [5.41, 5.74) is 2.01. The highest BCUT2D eigenvalue weighted by Crippen LogP contribution is 2.36. The van der Waals surface area contributed by atoms with Crippen molar-refractivity contribution in [2.75, 3.05) is 20.2 Å². The number of benzene rings is 2. The van der Waals surface area contributed by atoms with Gasteiger partial charge in [-0.2, -0.15) is 5.26 Å². The molecule has 9 heteroatoms. The van der Waals surface area contributed by atoms with E-state index in [2.05, 4.69) is 21.7 Å². The van der Waals surface area contributed by atoms with Crippen LogP contribution in [0.5, 0.6) is 5.75 Å². The molecule has 0 bridgehead atoms. The van der Waals surface area contributed by atoms with E-state index in [4.69, 9.17) is 4.74 Å². The van der Waals surface area contributed by atoms with Crippen LogP contribution in [-0.2, 0) is 16.1 Å². The minimum absolute atomic E-state index is 0.218. The van der Waals surface area contributed by atoms with Crippen LogP contribution >= 0.6 is 0 Å². The topological polar surface area (TPSA) is 127 Å². The first kappa shape index (κ1) is 23.6. The van der Waals surface area contributed by atoms with Gasteiger partial charge in [0.15, 0.2) is 0 Å². The second-order valence-corrected chi connectivity index (χ2v) is 9.44. The van der Waals surface area contributed by atoms with Crippen molar-refractivity contribution in [3.05, 3.63) is 65.4 Å². The van der Waals surface area contributed by atoms with Gasteiger partial charge in [0.25, 0.3) is 5.91 Å². The highest BCUT2D eigenvalue weighted by molar-refractivity contribution is 6.02. The number of hydrogen-bond acceptors (Lipinski definition) is 6. The SMILES string of the molecule is COc1cccc2[nH]c(C(=O)N3Cc4ccccc4C3C(=O)N[C@H](C#N)C[C@]3(C=O)CCNC3)cc12. The Morgan fingerprint density at radius 2 is 2.14 bits per heavy atom. The Labute approximate surface area is 208 Å². The third-order valence-electron chi connectivity index (χ3n) is 7.20. The van der Waals surface area contributed by atoms with Crippen LogP contribution in [0.15, 0.2) is 48.5 Å². The number of hydrogen-bond donors (Lipinski definition) is 3. The summed E-state index contributed by atoms with van der Waals surface area (Å²) in [7, 11) is 1.57. The van der Waals surface area contributed by atoms with Gasteiger partial charge in [-0.25, -0.2) is 0 Å². The predicted molar refractivity (Wildman–Crippen MR) is 132 cm³/mol. The number of ether oxygens (including phenoxy) is 1. The van der Waals surface area contributed by atoms with Gasteiger partial charge in [-0.3, -0.25) is 9.59 Å². The second kappa shape index (κ2) is 9.47. The van der Waals surface area contributed by atoms with Gasteiger partial charge in [0.05, 0.1) is 13.2 Å². The van der Waals surface area contributed by atoms with Gasteiger partial charge in [0.2, 0.25) is 5.91 Å². The molecule has 3 aromatic rings. The summed E-state index contributed by atoms with van der Waals surface area (Å²) in [5.74, 6) is -0.132. The third-order valence-corrected chi connectivity index (χ3v) is 7.20. The lowest BCUT2D eigenvalue weighted by molar-refractivity contribution is -0.126. The zero-order chi connectivity index (χ0) is 25.3. The molecule has 0 radical (unpaired) electrons. The van der Waals surface area contributed by atoms with Crippen LogP contribution in [0.1, 0.15) is 40.5 Å². The number of nitrogens with zero attached hydrogens (tertiary/aromatic N) is 2. The number of carbonyl (C=O) groups excluding carboxylic acids is 3. The van der Waals surface area contributed by atoms with Gasteiger partial charge in [-0.05, 0) is 48.7 Å². The molecule has 1 saturated heterocycles. The Balaban J connectivity index is 1.43. The maximum atomic E-state index is 13.7. The Bertz CT molecular complexity index is 1370. The maximum absolute atomic E-state index is 13.7. The molecule has 1 unspecified atom stereocenters. The number of H-pyrrole nitrogens is 1. The fourth-order valence-electron chi connectivity index (χ4n) is 5.31. The van der Waals surface area contributed by atoms with E-state index in [1.807, 2.05) is 42.5 Å². The molecule has 5 rings (SSSR count). The third kappa shape index (κ3) is 4.10. The quantitative estimate of drug-likeness (QED) is 0.441. The van der Waals surface area contributed by atoms with E-state index < -0.39 is 23.4 Å². The van der Waals surface area contributed by atoms with Gasteiger partial charge < -0.3 is 30.0 Å². The number of rotatable bonds is 7. The predicted octanol–water partition coefficient (Wildman–Crippen LogP) is 2.45. The molecule has 1 aromatic heterocycles. The lowest BCUT2D eigenvalue weighted by Gasteiger charge is -2.28. The Hall–Kier alpha value is -4.16. The van der Waals surface area contributed by atoms with Crippen molar-refractivity contribution in [2.45, 2.75) is 31.5 Å². The molecule has 0 saturated carbocycles. The highest BCUT2D eigenvalue weighted by atomic mass is 16.5. The number of fused-ring (bicyclic) bond motifs is 2. The number of aromatic nitrogens is 1. The van der Waals surface area contributed by atoms with Crippen LogP contribution in [0.3, 0.4) is 0 Å². The molecule has 184 valence electrons. The smallest absolute Gasteiger partial charge is 0.271 e. The van der Waals surface area contributed by atoms with Gasteiger partial charge in [0.1, 0.15) is 29.8 Å². The van der Waals surface area contributed by atoms with Gasteiger partial charge in [-0.1, -0.05) is 30.3 Å². The number of aldehydes is 1. The van der Waals surface area contributed by atoms with Crippen molar-refractivity contribution in [1.29, 1.82) is 5.26 Å². The Morgan fingerprint density at radius 1 is 1.31 bits per heavy atom. The molecule has 2 amide bonds. The first-order valence-electron chi connectivity index (χ1n) is 11.9. The molecule has 2 aliphatic heterocycles. The van der Waals surface area contributed by atoms with Crippen molar-refractivity contribution in [3.8, 4) is 11.8 Å². The van der Waals surface area contributed by atoms with Crippen molar-refractivity contribution in [3.63, 3.8) is 0 Å². The molecule has 2 aliphatic rings. The number of amides is 2. The zero-order valence-electron chi connectivity index (χ0n) is 19.9. The van der Waals surface area contributed by atoms with Gasteiger partial charge in [-0.15, -0.1) is 0 Å². The number of nitrogens with one attached hydrogen (secondary N) is 3. The average Bonchev–Trinajstić information content (AvgIpc) is 3.64. The molecule has 0 aliphatic carbocycles. The summed E-state index contributed by atoms with van der Waals surface area (Å²) < 4.78 is 5.42. The minimum atomic E-state index is -0.897. The molecule has 2 aromatic carbocycles. The fourth-order valence-corrected chi connectivity index (χ4v) is 5.31. The van der Waals surface area contributed by atoms with Gasteiger partial charge >= 0.3 is 0 Å². The molecular formula is C27H27N5O4. The fraction of sp³-hybridized carbons (Fsp3) is 0.333. The number of methoxy groups -OCH3 is 1. The molecule has 0 spiro atoms. The second-order valence-electron chi connectivity index (χ2n) is 9.44. The van der Waals surface area contributed by atoms with E-state index in [-0.39, 0.29) is 18.9 Å². The van der Waals surface area contributed by atoms with E-state index >= 15 is 0 Å². The van der Waals surface area contributed by atoms with Gasteiger partial charge in [0, 0.05) is 29.4 Å². The van der Waals surface area contributed by atoms with Crippen molar-refractivity contribution >= 4 is 29.0 Å². The Kier molecular flexibility index (Phi) is 6.20. The summed E-state index contributed by atoms with van der Waals surface area (Å²) >= 11 is 0. The lowest BCUT2D eigenvalue weighted by Crippen LogP contribution is -2.45. The standard InChI is InChI=1S/C27H27N5O4/c1-36-23-8-4-7-21-20(23)11-22(31-21)26(35)32-14-17-5-2-3-6-19(17)24(32)25(34)30-18(13-28)12-27(16-33)9-10-29-15-27/h2-8,11,16,18,24,29,31H,9-10,12,14-15H2,1H3,(H,30,34)/t18-,24?,27+/m0/s1. The normalized spacial score (nSPS) is 21.6. The molecule has 3 N–H and O–H groups in total. The van der Waals surface area contributed by atoms with E-state index in [0.29, 0.717) is 31.0 Å². The number of carbonyl (C=O) groups is 3. The van der Waals surface area contributed by atoms with E-state index in [1.54, 1.807) is 13.2 Å². The molecule has 9 nitrogen and oxygen atoms in total. The summed E-state index contributed by atoms with van der Waals surface area (Å²) in [6.07, 6.45) is 1.72. The van der Waals surface area contributed by atoms with Crippen LogP contribution in [0, 0.1) is 16.7 Å². The van der Waals surface area contributed by atoms with E-state index in [1.165, 1.54) is 4.90 Å². The Morgan fingerprint density at radius 3 is 2.86 bits per heavy atom. The van der Waals surface area contributed by atoms with Crippen LogP contribution in [0.2, 0.25) is 0 Å². The molecule has 36 heavy (non-hydrogen) atoms. The molecule has 3 atom stereocenters. The number of nitriles is 1. The van der Waals surface area contributed by atoms with Crippen LogP contribution in [0.4, 0.5) is 0 Å². The van der Waals surface area contributed by atoms with E-state index in [9.17, 15) is 19.6 Å². The van der Waals surface area contributed by atoms with Crippen LogP contribution in [0.25, 0.3) is 10.9 Å². The van der Waals surface area contributed by atoms with Crippen LogP contribution in [-0.4, -0.2) is 54.2 Å². The van der Waals surface area contributed by atoms with E-state index in [0.717, 1.165) is 28.3 Å². The van der Waals surface area contributed by atoms with Crippen molar-refractivity contribution in [2.24, 2.45) is 5.41 Å². The zero-order valence-corrected chi connectivity index (χ0v) is 19.9. The summed E-state index contributed by atoms with van der Waals surface area (Å²) in [4.78, 5) is 43.7. The molecule has 3 heterocycles. The first-order chi connectivity index (χ1) is 17.5. The molecular weight excluding hydrogens is 458 g/mol.